The number of hydrogen-bond donors (Lipinski definition) is 2. The Hall–Kier alpha value is -3.73. The molecular weight excluding hydrogens is 328 g/mol. The van der Waals surface area contributed by atoms with Crippen LogP contribution in [0.15, 0.2) is 60.7 Å². The lowest BCUT2D eigenvalue weighted by atomic mass is 9.81. The van der Waals surface area contributed by atoms with E-state index in [-0.39, 0.29) is 39.7 Å². The van der Waals surface area contributed by atoms with Crippen molar-refractivity contribution < 1.29 is 14.4 Å². The number of rotatable bonds is 2. The Morgan fingerprint density at radius 1 is 0.692 bits per heavy atom. The fourth-order valence-corrected chi connectivity index (χ4v) is 3.20. The summed E-state index contributed by atoms with van der Waals surface area (Å²) in [7, 11) is 0. The maximum atomic E-state index is 12.9. The van der Waals surface area contributed by atoms with Gasteiger partial charge in [-0.2, -0.15) is 0 Å². The monoisotopic (exact) mass is 342 g/mol. The Labute approximate surface area is 149 Å². The number of hydrogen-bond acceptors (Lipinski definition) is 5. The molecule has 0 fully saturated rings. The van der Waals surface area contributed by atoms with E-state index in [1.54, 1.807) is 48.5 Å². The highest BCUT2D eigenvalue weighted by atomic mass is 16.1. The van der Waals surface area contributed by atoms with Crippen LogP contribution >= 0.6 is 0 Å². The molecule has 5 nitrogen and oxygen atoms in total. The highest BCUT2D eigenvalue weighted by Crippen LogP contribution is 2.33. The first-order valence-electron chi connectivity index (χ1n) is 8.00. The fourth-order valence-electron chi connectivity index (χ4n) is 3.20. The summed E-state index contributed by atoms with van der Waals surface area (Å²) >= 11 is 0. The first-order valence-corrected chi connectivity index (χ1v) is 8.00. The molecule has 0 spiro atoms. The minimum absolute atomic E-state index is 0.0252. The van der Waals surface area contributed by atoms with Gasteiger partial charge in [-0.3, -0.25) is 14.4 Å². The SMILES string of the molecule is Nc1ccc(C(=O)c2ccc3c(c2N)C(=O)c2ccccc2C3=O)cc1. The van der Waals surface area contributed by atoms with Gasteiger partial charge >= 0.3 is 0 Å². The Bertz CT molecular complexity index is 1100. The molecule has 3 aromatic rings. The van der Waals surface area contributed by atoms with Gasteiger partial charge < -0.3 is 11.5 Å². The van der Waals surface area contributed by atoms with Crippen LogP contribution in [0, 0.1) is 0 Å². The number of anilines is 2. The van der Waals surface area contributed by atoms with E-state index >= 15 is 0 Å². The number of nitrogens with two attached hydrogens (primary N) is 2. The number of fused-ring (bicyclic) bond motifs is 2. The Morgan fingerprint density at radius 3 is 1.96 bits per heavy atom. The van der Waals surface area contributed by atoms with Gasteiger partial charge in [0.25, 0.3) is 0 Å². The number of carbonyl (C=O) groups excluding carboxylic acids is 3. The van der Waals surface area contributed by atoms with Crippen LogP contribution in [0.1, 0.15) is 47.8 Å². The van der Waals surface area contributed by atoms with Gasteiger partial charge in [-0.05, 0) is 36.4 Å². The highest BCUT2D eigenvalue weighted by Gasteiger charge is 2.32. The maximum Gasteiger partial charge on any atom is 0.196 e. The first kappa shape index (κ1) is 15.8. The van der Waals surface area contributed by atoms with Crippen LogP contribution in [0.25, 0.3) is 0 Å². The zero-order valence-electron chi connectivity index (χ0n) is 13.7. The second-order valence-corrected chi connectivity index (χ2v) is 6.10. The lowest BCUT2D eigenvalue weighted by Gasteiger charge is -2.20. The molecule has 0 atom stereocenters. The molecule has 4 N–H and O–H groups in total. The van der Waals surface area contributed by atoms with Crippen LogP contribution in [-0.4, -0.2) is 17.3 Å². The van der Waals surface area contributed by atoms with Crippen molar-refractivity contribution in [3.63, 3.8) is 0 Å². The molecule has 3 aromatic carbocycles. The third-order valence-electron chi connectivity index (χ3n) is 4.55. The van der Waals surface area contributed by atoms with E-state index in [2.05, 4.69) is 0 Å². The molecule has 0 aromatic heterocycles. The molecule has 1 aliphatic carbocycles. The van der Waals surface area contributed by atoms with Crippen molar-refractivity contribution in [2.75, 3.05) is 11.5 Å². The second kappa shape index (κ2) is 5.67. The minimum Gasteiger partial charge on any atom is -0.399 e. The number of benzene rings is 3. The third-order valence-corrected chi connectivity index (χ3v) is 4.55. The van der Waals surface area contributed by atoms with E-state index in [1.807, 2.05) is 0 Å². The predicted molar refractivity (Wildman–Crippen MR) is 98.4 cm³/mol. The standard InChI is InChI=1S/C21H14N2O3/c22-12-7-5-11(6-8-12)19(24)16-10-9-15-17(18(16)23)21(26)14-4-2-1-3-13(14)20(15)25/h1-10H,22-23H2. The van der Waals surface area contributed by atoms with Gasteiger partial charge in [0.15, 0.2) is 17.3 Å². The van der Waals surface area contributed by atoms with Gasteiger partial charge in [0.2, 0.25) is 0 Å². The third kappa shape index (κ3) is 2.22. The average Bonchev–Trinajstić information content (AvgIpc) is 2.66. The van der Waals surface area contributed by atoms with Crippen molar-refractivity contribution in [2.24, 2.45) is 0 Å². The second-order valence-electron chi connectivity index (χ2n) is 6.10. The normalized spacial score (nSPS) is 12.5. The summed E-state index contributed by atoms with van der Waals surface area (Å²) in [5.41, 5.74) is 13.9. The molecule has 0 amide bonds. The number of nitrogen functional groups attached to an aromatic ring is 2. The van der Waals surface area contributed by atoms with Crippen LogP contribution < -0.4 is 11.5 Å². The van der Waals surface area contributed by atoms with Crippen LogP contribution in [0.5, 0.6) is 0 Å². The van der Waals surface area contributed by atoms with E-state index in [0.29, 0.717) is 22.4 Å². The van der Waals surface area contributed by atoms with Crippen molar-refractivity contribution in [1.29, 1.82) is 0 Å². The van der Waals surface area contributed by atoms with Gasteiger partial charge in [-0.1, -0.05) is 24.3 Å². The van der Waals surface area contributed by atoms with Crippen molar-refractivity contribution >= 4 is 28.7 Å². The smallest absolute Gasteiger partial charge is 0.196 e. The largest absolute Gasteiger partial charge is 0.399 e. The van der Waals surface area contributed by atoms with Crippen LogP contribution in [-0.2, 0) is 0 Å². The summed E-state index contributed by atoms with van der Waals surface area (Å²) in [6.07, 6.45) is 0. The molecule has 0 bridgehead atoms. The molecule has 0 radical (unpaired) electrons. The molecule has 126 valence electrons. The lowest BCUT2D eigenvalue weighted by Crippen LogP contribution is -2.23. The molecule has 0 heterocycles. The summed E-state index contributed by atoms with van der Waals surface area (Å²) in [6.45, 7) is 0. The summed E-state index contributed by atoms with van der Waals surface area (Å²) in [5.74, 6) is -0.947. The molecule has 5 heteroatoms. The van der Waals surface area contributed by atoms with Crippen molar-refractivity contribution in [2.45, 2.75) is 0 Å². The van der Waals surface area contributed by atoms with E-state index in [9.17, 15) is 14.4 Å². The van der Waals surface area contributed by atoms with Gasteiger partial charge in [-0.25, -0.2) is 0 Å². The lowest BCUT2D eigenvalue weighted by molar-refractivity contribution is 0.0979. The molecule has 4 rings (SSSR count). The van der Waals surface area contributed by atoms with E-state index in [1.165, 1.54) is 12.1 Å². The molecular formula is C21H14N2O3. The zero-order chi connectivity index (χ0) is 18.4. The average molecular weight is 342 g/mol. The van der Waals surface area contributed by atoms with Gasteiger partial charge in [-0.15, -0.1) is 0 Å². The summed E-state index contributed by atoms with van der Waals surface area (Å²) in [4.78, 5) is 38.3. The van der Waals surface area contributed by atoms with E-state index in [4.69, 9.17) is 11.5 Å². The van der Waals surface area contributed by atoms with Crippen molar-refractivity contribution in [3.8, 4) is 0 Å². The van der Waals surface area contributed by atoms with Crippen LogP contribution in [0.4, 0.5) is 11.4 Å². The van der Waals surface area contributed by atoms with Crippen molar-refractivity contribution in [3.05, 3.63) is 94.0 Å². The molecule has 1 aliphatic rings. The maximum absolute atomic E-state index is 12.9. The van der Waals surface area contributed by atoms with E-state index < -0.39 is 0 Å². The van der Waals surface area contributed by atoms with Gasteiger partial charge in [0.05, 0.1) is 11.3 Å². The van der Waals surface area contributed by atoms with E-state index in [0.717, 1.165) is 0 Å². The summed E-state index contributed by atoms with van der Waals surface area (Å²) in [6, 6.07) is 16.0. The zero-order valence-corrected chi connectivity index (χ0v) is 13.7. The summed E-state index contributed by atoms with van der Waals surface area (Å²) in [5, 5.41) is 0. The van der Waals surface area contributed by atoms with Crippen LogP contribution in [0.3, 0.4) is 0 Å². The molecule has 26 heavy (non-hydrogen) atoms. The predicted octanol–water partition coefficient (Wildman–Crippen LogP) is 2.86. The quantitative estimate of drug-likeness (QED) is 0.431. The summed E-state index contributed by atoms with van der Waals surface area (Å²) < 4.78 is 0. The number of carbonyl (C=O) groups is 3. The Kier molecular flexibility index (Phi) is 3.44. The van der Waals surface area contributed by atoms with Crippen molar-refractivity contribution in [1.82, 2.24) is 0 Å². The Balaban J connectivity index is 1.87. The minimum atomic E-state index is -0.348. The number of ketones is 3. The molecule has 0 unspecified atom stereocenters. The fraction of sp³-hybridized carbons (Fsp3) is 0. The van der Waals surface area contributed by atoms with Gasteiger partial charge in [0.1, 0.15) is 0 Å². The van der Waals surface area contributed by atoms with Crippen LogP contribution in [0.2, 0.25) is 0 Å². The topological polar surface area (TPSA) is 103 Å². The Morgan fingerprint density at radius 2 is 1.31 bits per heavy atom. The van der Waals surface area contributed by atoms with Gasteiger partial charge in [0, 0.05) is 33.5 Å². The molecule has 0 saturated heterocycles. The molecule has 0 aliphatic heterocycles. The molecule has 0 saturated carbocycles. The highest BCUT2D eigenvalue weighted by molar-refractivity contribution is 6.31. The first-order chi connectivity index (χ1) is 12.5.